The summed E-state index contributed by atoms with van der Waals surface area (Å²) in [5.74, 6) is 0.823. The van der Waals surface area contributed by atoms with E-state index in [1.54, 1.807) is 0 Å². The average molecular weight is 180 g/mol. The van der Waals surface area contributed by atoms with Crippen LogP contribution in [0.4, 0.5) is 5.69 Å². The van der Waals surface area contributed by atoms with E-state index >= 15 is 0 Å². The third kappa shape index (κ3) is 2.36. The molecule has 1 aromatic rings. The second-order valence-corrected chi connectivity index (χ2v) is 3.01. The maximum atomic E-state index is 5.75. The minimum absolute atomic E-state index is 0.0552. The summed E-state index contributed by atoms with van der Waals surface area (Å²) in [6, 6.07) is 5.51. The number of rotatable bonds is 3. The van der Waals surface area contributed by atoms with Crippen molar-refractivity contribution in [3.05, 3.63) is 23.8 Å². The molecule has 0 spiro atoms. The van der Waals surface area contributed by atoms with E-state index in [2.05, 4.69) is 0 Å². The Kier molecular flexibility index (Phi) is 3.14. The van der Waals surface area contributed by atoms with Crippen LogP contribution >= 0.6 is 0 Å². The van der Waals surface area contributed by atoms with Crippen LogP contribution in [-0.2, 0) is 0 Å². The van der Waals surface area contributed by atoms with E-state index in [-0.39, 0.29) is 6.04 Å². The van der Waals surface area contributed by atoms with Gasteiger partial charge in [-0.25, -0.2) is 0 Å². The molecule has 0 saturated heterocycles. The molecule has 0 aliphatic carbocycles. The van der Waals surface area contributed by atoms with Crippen LogP contribution in [0.25, 0.3) is 0 Å². The maximum Gasteiger partial charge on any atom is 0.119 e. The molecule has 1 rings (SSSR count). The molecule has 3 nitrogen and oxygen atoms in total. The van der Waals surface area contributed by atoms with Crippen LogP contribution in [0.3, 0.4) is 0 Å². The van der Waals surface area contributed by atoms with Crippen LogP contribution in [0.15, 0.2) is 18.2 Å². The highest BCUT2D eigenvalue weighted by molar-refractivity contribution is 5.51. The van der Waals surface area contributed by atoms with E-state index in [1.807, 2.05) is 32.0 Å². The predicted octanol–water partition coefficient (Wildman–Crippen LogP) is 1.69. The lowest BCUT2D eigenvalue weighted by atomic mass is 10.1. The van der Waals surface area contributed by atoms with E-state index in [0.29, 0.717) is 6.61 Å². The molecule has 0 amide bonds. The highest BCUT2D eigenvalue weighted by Crippen LogP contribution is 2.23. The van der Waals surface area contributed by atoms with Gasteiger partial charge in [0.15, 0.2) is 0 Å². The minimum Gasteiger partial charge on any atom is -0.494 e. The van der Waals surface area contributed by atoms with Crippen molar-refractivity contribution < 1.29 is 4.74 Å². The van der Waals surface area contributed by atoms with Gasteiger partial charge in [0.2, 0.25) is 0 Å². The van der Waals surface area contributed by atoms with Crippen molar-refractivity contribution in [1.29, 1.82) is 0 Å². The molecule has 0 fully saturated rings. The van der Waals surface area contributed by atoms with Gasteiger partial charge >= 0.3 is 0 Å². The van der Waals surface area contributed by atoms with Crippen molar-refractivity contribution >= 4 is 5.69 Å². The molecule has 3 heteroatoms. The minimum atomic E-state index is -0.0552. The standard InChI is InChI=1S/C10H16N2O/c1-3-13-8-4-5-10(12)9(6-8)7(2)11/h4-7H,3,11-12H2,1-2H3. The first-order valence-corrected chi connectivity index (χ1v) is 4.43. The van der Waals surface area contributed by atoms with E-state index in [1.165, 1.54) is 0 Å². The smallest absolute Gasteiger partial charge is 0.119 e. The van der Waals surface area contributed by atoms with Gasteiger partial charge in [0.25, 0.3) is 0 Å². The summed E-state index contributed by atoms with van der Waals surface area (Å²) in [6.07, 6.45) is 0. The van der Waals surface area contributed by atoms with Gasteiger partial charge in [0.1, 0.15) is 5.75 Å². The zero-order valence-corrected chi connectivity index (χ0v) is 8.08. The summed E-state index contributed by atoms with van der Waals surface area (Å²) in [6.45, 7) is 4.51. The van der Waals surface area contributed by atoms with Gasteiger partial charge in [0, 0.05) is 11.7 Å². The fourth-order valence-corrected chi connectivity index (χ4v) is 1.20. The molecule has 0 aromatic heterocycles. The first kappa shape index (κ1) is 9.86. The molecule has 0 saturated carbocycles. The Morgan fingerprint density at radius 3 is 2.69 bits per heavy atom. The normalized spacial score (nSPS) is 12.5. The molecular formula is C10H16N2O. The maximum absolute atomic E-state index is 5.75. The Balaban J connectivity index is 2.97. The highest BCUT2D eigenvalue weighted by Gasteiger charge is 2.05. The van der Waals surface area contributed by atoms with Crippen molar-refractivity contribution in [1.82, 2.24) is 0 Å². The Morgan fingerprint density at radius 2 is 2.15 bits per heavy atom. The van der Waals surface area contributed by atoms with Gasteiger partial charge in [-0.15, -0.1) is 0 Å². The Hall–Kier alpha value is -1.22. The zero-order valence-electron chi connectivity index (χ0n) is 8.08. The second kappa shape index (κ2) is 4.14. The van der Waals surface area contributed by atoms with Crippen LogP contribution in [0.1, 0.15) is 25.5 Å². The topological polar surface area (TPSA) is 61.3 Å². The molecule has 1 atom stereocenters. The summed E-state index contributed by atoms with van der Waals surface area (Å²) in [4.78, 5) is 0. The quantitative estimate of drug-likeness (QED) is 0.696. The van der Waals surface area contributed by atoms with Gasteiger partial charge < -0.3 is 16.2 Å². The monoisotopic (exact) mass is 180 g/mol. The van der Waals surface area contributed by atoms with Gasteiger partial charge in [-0.2, -0.15) is 0 Å². The van der Waals surface area contributed by atoms with Crippen molar-refractivity contribution in [2.24, 2.45) is 5.73 Å². The third-order valence-corrected chi connectivity index (χ3v) is 1.86. The number of hydrogen-bond acceptors (Lipinski definition) is 3. The van der Waals surface area contributed by atoms with Crippen molar-refractivity contribution in [2.45, 2.75) is 19.9 Å². The lowest BCUT2D eigenvalue weighted by molar-refractivity contribution is 0.340. The van der Waals surface area contributed by atoms with Gasteiger partial charge in [-0.1, -0.05) is 0 Å². The first-order chi connectivity index (χ1) is 6.15. The number of hydrogen-bond donors (Lipinski definition) is 2. The number of benzene rings is 1. The fourth-order valence-electron chi connectivity index (χ4n) is 1.20. The molecule has 72 valence electrons. The van der Waals surface area contributed by atoms with E-state index in [9.17, 15) is 0 Å². The SMILES string of the molecule is CCOc1ccc(N)c(C(C)N)c1. The van der Waals surface area contributed by atoms with Crippen molar-refractivity contribution in [3.63, 3.8) is 0 Å². The van der Waals surface area contributed by atoms with Gasteiger partial charge in [-0.05, 0) is 37.6 Å². The van der Waals surface area contributed by atoms with Gasteiger partial charge in [-0.3, -0.25) is 0 Å². The highest BCUT2D eigenvalue weighted by atomic mass is 16.5. The largest absolute Gasteiger partial charge is 0.494 e. The zero-order chi connectivity index (χ0) is 9.84. The first-order valence-electron chi connectivity index (χ1n) is 4.43. The van der Waals surface area contributed by atoms with Crippen LogP contribution < -0.4 is 16.2 Å². The van der Waals surface area contributed by atoms with Crippen LogP contribution in [-0.4, -0.2) is 6.61 Å². The van der Waals surface area contributed by atoms with E-state index in [4.69, 9.17) is 16.2 Å². The van der Waals surface area contributed by atoms with Gasteiger partial charge in [0.05, 0.1) is 6.61 Å². The molecule has 4 N–H and O–H groups in total. The number of ether oxygens (including phenoxy) is 1. The number of nitrogens with two attached hydrogens (primary N) is 2. The summed E-state index contributed by atoms with van der Waals surface area (Å²) < 4.78 is 5.34. The van der Waals surface area contributed by atoms with E-state index in [0.717, 1.165) is 17.0 Å². The summed E-state index contributed by atoms with van der Waals surface area (Å²) in [5, 5.41) is 0. The van der Waals surface area contributed by atoms with E-state index < -0.39 is 0 Å². The molecule has 0 aliphatic heterocycles. The van der Waals surface area contributed by atoms with Crippen LogP contribution in [0.5, 0.6) is 5.75 Å². The molecule has 0 aliphatic rings. The molecule has 0 radical (unpaired) electrons. The predicted molar refractivity (Wildman–Crippen MR) is 54.6 cm³/mol. The number of anilines is 1. The second-order valence-electron chi connectivity index (χ2n) is 3.01. The average Bonchev–Trinajstić information content (AvgIpc) is 2.08. The summed E-state index contributed by atoms with van der Waals surface area (Å²) >= 11 is 0. The summed E-state index contributed by atoms with van der Waals surface area (Å²) in [7, 11) is 0. The molecule has 0 heterocycles. The lowest BCUT2D eigenvalue weighted by Crippen LogP contribution is -2.08. The molecule has 1 unspecified atom stereocenters. The van der Waals surface area contributed by atoms with Crippen molar-refractivity contribution in [3.8, 4) is 5.75 Å². The molecule has 0 bridgehead atoms. The molecular weight excluding hydrogens is 164 g/mol. The lowest BCUT2D eigenvalue weighted by Gasteiger charge is -2.11. The Labute approximate surface area is 78.7 Å². The molecule has 13 heavy (non-hydrogen) atoms. The fraction of sp³-hybridized carbons (Fsp3) is 0.400. The number of nitrogen functional groups attached to an aromatic ring is 1. The van der Waals surface area contributed by atoms with Crippen molar-refractivity contribution in [2.75, 3.05) is 12.3 Å². The van der Waals surface area contributed by atoms with Crippen LogP contribution in [0.2, 0.25) is 0 Å². The Morgan fingerprint density at radius 1 is 1.46 bits per heavy atom. The Bertz CT molecular complexity index is 284. The molecule has 1 aromatic carbocycles. The van der Waals surface area contributed by atoms with Crippen LogP contribution in [0, 0.1) is 0 Å². The summed E-state index contributed by atoms with van der Waals surface area (Å²) in [5.41, 5.74) is 13.2. The third-order valence-electron chi connectivity index (χ3n) is 1.86.